The Morgan fingerprint density at radius 1 is 1.26 bits per heavy atom. The number of fused-ring (bicyclic) bond motifs is 1. The molecule has 0 radical (unpaired) electrons. The van der Waals surface area contributed by atoms with Crippen LogP contribution in [-0.2, 0) is 11.2 Å². The lowest BCUT2D eigenvalue weighted by atomic mass is 9.95. The topological polar surface area (TPSA) is 89.8 Å². The van der Waals surface area contributed by atoms with Crippen molar-refractivity contribution in [2.45, 2.75) is 17.7 Å². The van der Waals surface area contributed by atoms with Crippen LogP contribution in [0.3, 0.4) is 0 Å². The quantitative estimate of drug-likeness (QED) is 0.344. The Bertz CT molecular complexity index is 928. The number of anilines is 1. The van der Waals surface area contributed by atoms with Crippen LogP contribution in [0.2, 0.25) is 0 Å². The summed E-state index contributed by atoms with van der Waals surface area (Å²) in [7, 11) is 1.32. The van der Waals surface area contributed by atoms with Gasteiger partial charge in [-0.2, -0.15) is 0 Å². The Morgan fingerprint density at radius 2 is 2.04 bits per heavy atom. The van der Waals surface area contributed by atoms with Crippen molar-refractivity contribution in [3.05, 3.63) is 63.2 Å². The van der Waals surface area contributed by atoms with Gasteiger partial charge in [0.15, 0.2) is 0 Å². The molecule has 0 aromatic heterocycles. The first-order chi connectivity index (χ1) is 13.0. The fourth-order valence-corrected chi connectivity index (χ4v) is 3.81. The van der Waals surface area contributed by atoms with E-state index in [4.69, 9.17) is 4.74 Å². The molecule has 2 aromatic rings. The van der Waals surface area contributed by atoms with Crippen LogP contribution in [-0.4, -0.2) is 36.7 Å². The second kappa shape index (κ2) is 7.79. The molecular formula is C19H18N2O5S. The second-order valence-electron chi connectivity index (χ2n) is 6.00. The zero-order chi connectivity index (χ0) is 19.6. The number of methoxy groups -OCH3 is 1. The maximum Gasteiger partial charge on any atom is 0.338 e. The third kappa shape index (κ3) is 3.52. The third-order valence-electron chi connectivity index (χ3n) is 4.52. The average Bonchev–Trinajstić information content (AvgIpc) is 2.71. The highest BCUT2D eigenvalue weighted by Crippen LogP contribution is 2.33. The summed E-state index contributed by atoms with van der Waals surface area (Å²) in [6, 6.07) is 9.66. The Morgan fingerprint density at radius 3 is 2.70 bits per heavy atom. The van der Waals surface area contributed by atoms with Crippen LogP contribution in [0.4, 0.5) is 11.4 Å². The summed E-state index contributed by atoms with van der Waals surface area (Å²) in [5.74, 6) is -0.769. The highest BCUT2D eigenvalue weighted by atomic mass is 32.2. The number of benzene rings is 2. The molecule has 0 saturated heterocycles. The van der Waals surface area contributed by atoms with Gasteiger partial charge in [0.25, 0.3) is 11.6 Å². The number of nitro benzene ring substituents is 1. The molecule has 1 heterocycles. The zero-order valence-corrected chi connectivity index (χ0v) is 15.7. The molecule has 8 heteroatoms. The van der Waals surface area contributed by atoms with Gasteiger partial charge in [0.2, 0.25) is 0 Å². The summed E-state index contributed by atoms with van der Waals surface area (Å²) in [5.41, 5.74) is 2.01. The highest BCUT2D eigenvalue weighted by molar-refractivity contribution is 7.98. The maximum atomic E-state index is 13.1. The van der Waals surface area contributed by atoms with Gasteiger partial charge in [-0.15, -0.1) is 11.8 Å². The van der Waals surface area contributed by atoms with Crippen molar-refractivity contribution in [1.29, 1.82) is 0 Å². The summed E-state index contributed by atoms with van der Waals surface area (Å²) < 4.78 is 4.83. The summed E-state index contributed by atoms with van der Waals surface area (Å²) in [4.78, 5) is 38.0. The Labute approximate surface area is 160 Å². The first-order valence-electron chi connectivity index (χ1n) is 8.32. The molecule has 7 nitrogen and oxygen atoms in total. The fraction of sp³-hybridized carbons (Fsp3) is 0.263. The smallest absolute Gasteiger partial charge is 0.338 e. The van der Waals surface area contributed by atoms with E-state index in [-0.39, 0.29) is 17.2 Å². The molecule has 1 amide bonds. The van der Waals surface area contributed by atoms with Gasteiger partial charge in [0.05, 0.1) is 22.5 Å². The van der Waals surface area contributed by atoms with Crippen LogP contribution in [0.25, 0.3) is 0 Å². The average molecular weight is 386 g/mol. The van der Waals surface area contributed by atoms with E-state index in [1.807, 2.05) is 0 Å². The lowest BCUT2D eigenvalue weighted by molar-refractivity contribution is -0.387. The van der Waals surface area contributed by atoms with Crippen molar-refractivity contribution in [2.75, 3.05) is 24.8 Å². The van der Waals surface area contributed by atoms with Crippen LogP contribution in [0.5, 0.6) is 0 Å². The number of hydrogen-bond donors (Lipinski definition) is 0. The van der Waals surface area contributed by atoms with E-state index in [1.165, 1.54) is 24.9 Å². The van der Waals surface area contributed by atoms with Gasteiger partial charge in [0.1, 0.15) is 0 Å². The molecule has 0 N–H and O–H groups in total. The molecule has 0 bridgehead atoms. The number of esters is 1. The number of carbonyl (C=O) groups excluding carboxylic acids is 2. The van der Waals surface area contributed by atoms with Crippen LogP contribution < -0.4 is 4.90 Å². The molecular weight excluding hydrogens is 368 g/mol. The molecule has 0 unspecified atom stereocenters. The van der Waals surface area contributed by atoms with Crippen molar-refractivity contribution in [3.8, 4) is 0 Å². The molecule has 0 fully saturated rings. The Hall–Kier alpha value is -2.87. The van der Waals surface area contributed by atoms with Gasteiger partial charge >= 0.3 is 5.97 Å². The van der Waals surface area contributed by atoms with Crippen LogP contribution in [0, 0.1) is 10.1 Å². The molecule has 140 valence electrons. The van der Waals surface area contributed by atoms with Gasteiger partial charge < -0.3 is 9.64 Å². The molecule has 0 spiro atoms. The molecule has 2 aromatic carbocycles. The van der Waals surface area contributed by atoms with Gasteiger partial charge in [0, 0.05) is 23.9 Å². The van der Waals surface area contributed by atoms with E-state index in [0.717, 1.165) is 5.56 Å². The SMILES string of the molecule is COC(=O)c1cccc2c1CCCN2C(=O)c1ccc(SC)c([N+](=O)[O-])c1. The molecule has 3 rings (SSSR count). The lowest BCUT2D eigenvalue weighted by Gasteiger charge is -2.30. The Balaban J connectivity index is 2.02. The largest absolute Gasteiger partial charge is 0.465 e. The maximum absolute atomic E-state index is 13.1. The van der Waals surface area contributed by atoms with Gasteiger partial charge in [-0.25, -0.2) is 4.79 Å². The number of rotatable bonds is 4. The van der Waals surface area contributed by atoms with E-state index in [0.29, 0.717) is 35.5 Å². The normalized spacial score (nSPS) is 13.0. The van der Waals surface area contributed by atoms with Gasteiger partial charge in [-0.05, 0) is 48.9 Å². The Kier molecular flexibility index (Phi) is 5.46. The number of nitro groups is 1. The number of thioether (sulfide) groups is 1. The van der Waals surface area contributed by atoms with E-state index in [1.54, 1.807) is 41.5 Å². The molecule has 0 aliphatic carbocycles. The van der Waals surface area contributed by atoms with Crippen molar-refractivity contribution in [3.63, 3.8) is 0 Å². The zero-order valence-electron chi connectivity index (χ0n) is 14.9. The molecule has 1 aliphatic rings. The van der Waals surface area contributed by atoms with Crippen LogP contribution in [0.1, 0.15) is 32.7 Å². The van der Waals surface area contributed by atoms with Gasteiger partial charge in [-0.1, -0.05) is 6.07 Å². The number of hydrogen-bond acceptors (Lipinski definition) is 6. The molecule has 0 saturated carbocycles. The minimum atomic E-state index is -0.484. The minimum absolute atomic E-state index is 0.0890. The van der Waals surface area contributed by atoms with E-state index in [9.17, 15) is 19.7 Å². The van der Waals surface area contributed by atoms with Crippen LogP contribution >= 0.6 is 11.8 Å². The predicted octanol–water partition coefficient (Wildman–Crippen LogP) is 3.70. The predicted molar refractivity (Wildman–Crippen MR) is 103 cm³/mol. The summed E-state index contributed by atoms with van der Waals surface area (Å²) >= 11 is 1.26. The number of ether oxygens (including phenoxy) is 1. The fourth-order valence-electron chi connectivity index (χ4n) is 3.26. The van der Waals surface area contributed by atoms with Gasteiger partial charge in [-0.3, -0.25) is 14.9 Å². The first-order valence-corrected chi connectivity index (χ1v) is 9.55. The first kappa shape index (κ1) is 18.9. The minimum Gasteiger partial charge on any atom is -0.465 e. The summed E-state index contributed by atoms with van der Waals surface area (Å²) in [6.07, 6.45) is 3.10. The van der Waals surface area contributed by atoms with Crippen LogP contribution in [0.15, 0.2) is 41.3 Å². The number of nitrogens with zero attached hydrogens (tertiary/aromatic N) is 2. The summed E-state index contributed by atoms with van der Waals surface area (Å²) in [5, 5.41) is 11.3. The van der Waals surface area contributed by atoms with Crippen molar-refractivity contribution >= 4 is 35.0 Å². The number of amides is 1. The molecule has 1 aliphatic heterocycles. The molecule has 0 atom stereocenters. The van der Waals surface area contributed by atoms with Crippen molar-refractivity contribution < 1.29 is 19.2 Å². The third-order valence-corrected chi connectivity index (χ3v) is 5.31. The standard InChI is InChI=1S/C19H18N2O5S/c1-26-19(23)14-5-3-7-15-13(14)6-4-10-20(15)18(22)12-8-9-17(27-2)16(11-12)21(24)25/h3,5,7-9,11H,4,6,10H2,1-2H3. The summed E-state index contributed by atoms with van der Waals surface area (Å²) in [6.45, 7) is 0.481. The lowest BCUT2D eigenvalue weighted by Crippen LogP contribution is -2.36. The van der Waals surface area contributed by atoms with E-state index in [2.05, 4.69) is 0 Å². The number of carbonyl (C=O) groups is 2. The highest BCUT2D eigenvalue weighted by Gasteiger charge is 2.28. The molecule has 27 heavy (non-hydrogen) atoms. The van der Waals surface area contributed by atoms with Crippen molar-refractivity contribution in [1.82, 2.24) is 0 Å². The monoisotopic (exact) mass is 386 g/mol. The van der Waals surface area contributed by atoms with E-state index >= 15 is 0 Å². The van der Waals surface area contributed by atoms with Crippen molar-refractivity contribution in [2.24, 2.45) is 0 Å². The second-order valence-corrected chi connectivity index (χ2v) is 6.85. The van der Waals surface area contributed by atoms with E-state index < -0.39 is 10.9 Å².